The maximum absolute atomic E-state index is 13.1. The van der Waals surface area contributed by atoms with Crippen LogP contribution in [0, 0.1) is 0 Å². The summed E-state index contributed by atoms with van der Waals surface area (Å²) in [7, 11) is -1.56. The highest BCUT2D eigenvalue weighted by Gasteiger charge is 2.27. The number of anilines is 1. The van der Waals surface area contributed by atoms with Gasteiger partial charge in [0.2, 0.25) is 15.9 Å². The Morgan fingerprint density at radius 3 is 2.61 bits per heavy atom. The fraction of sp³-hybridized carbons (Fsp3) is 0.250. The van der Waals surface area contributed by atoms with Gasteiger partial charge < -0.3 is 10.2 Å². The summed E-state index contributed by atoms with van der Waals surface area (Å²) in [6, 6.07) is 18.9. The topological polar surface area (TPSA) is 82.6 Å². The summed E-state index contributed by atoms with van der Waals surface area (Å²) in [5, 5.41) is 5.48. The molecule has 3 aromatic carbocycles. The number of nitrogens with one attached hydrogen (secondary N) is 1. The summed E-state index contributed by atoms with van der Waals surface area (Å²) in [5.74, 6) is -0.157. The van der Waals surface area contributed by atoms with Crippen LogP contribution in [0.5, 0.6) is 0 Å². The number of carbonyl (C=O) groups is 1. The molecule has 1 N–H and O–H groups in total. The van der Waals surface area contributed by atoms with Crippen LogP contribution < -0.4 is 5.32 Å². The minimum absolute atomic E-state index is 0.157. The van der Waals surface area contributed by atoms with Gasteiger partial charge in [-0.3, -0.25) is 4.79 Å². The molecule has 0 radical (unpaired) electrons. The minimum Gasteiger partial charge on any atom is -0.304 e. The van der Waals surface area contributed by atoms with Crippen LogP contribution in [0.15, 0.2) is 65.6 Å². The maximum Gasteiger partial charge on any atom is 0.243 e. The van der Waals surface area contributed by atoms with Crippen molar-refractivity contribution in [3.05, 3.63) is 66.2 Å². The Morgan fingerprint density at radius 1 is 1.03 bits per heavy atom. The van der Waals surface area contributed by atoms with E-state index in [4.69, 9.17) is 0 Å². The molecule has 1 fully saturated rings. The molecule has 0 bridgehead atoms. The first-order valence-corrected chi connectivity index (χ1v) is 13.0. The number of nitrogens with zero attached hydrogens (tertiary/aromatic N) is 3. The summed E-state index contributed by atoms with van der Waals surface area (Å²) in [6.07, 6.45) is 0.236. The van der Waals surface area contributed by atoms with E-state index in [2.05, 4.69) is 15.2 Å². The number of amides is 1. The second kappa shape index (κ2) is 8.83. The number of rotatable bonds is 5. The smallest absolute Gasteiger partial charge is 0.243 e. The zero-order valence-corrected chi connectivity index (χ0v) is 19.8. The highest BCUT2D eigenvalue weighted by molar-refractivity contribution is 7.89. The highest BCUT2D eigenvalue weighted by atomic mass is 32.2. The van der Waals surface area contributed by atoms with Crippen molar-refractivity contribution in [1.29, 1.82) is 0 Å². The lowest BCUT2D eigenvalue weighted by atomic mass is 10.0. The molecule has 0 spiro atoms. The van der Waals surface area contributed by atoms with E-state index in [1.165, 1.54) is 15.6 Å². The van der Waals surface area contributed by atoms with Crippen molar-refractivity contribution in [2.75, 3.05) is 38.5 Å². The number of piperazine rings is 1. The number of benzene rings is 3. The summed E-state index contributed by atoms with van der Waals surface area (Å²) >= 11 is 1.28. The highest BCUT2D eigenvalue weighted by Crippen LogP contribution is 2.30. The number of sulfonamides is 1. The van der Waals surface area contributed by atoms with Crippen LogP contribution in [0.1, 0.15) is 5.56 Å². The zero-order valence-electron chi connectivity index (χ0n) is 18.2. The quantitative estimate of drug-likeness (QED) is 0.472. The van der Waals surface area contributed by atoms with Crippen LogP contribution in [-0.4, -0.2) is 61.7 Å². The average molecular weight is 481 g/mol. The monoisotopic (exact) mass is 480 g/mol. The number of thiazole rings is 1. The van der Waals surface area contributed by atoms with Gasteiger partial charge in [-0.05, 0) is 41.6 Å². The van der Waals surface area contributed by atoms with Crippen molar-refractivity contribution in [2.24, 2.45) is 0 Å². The van der Waals surface area contributed by atoms with Gasteiger partial charge in [0.25, 0.3) is 0 Å². The molecule has 1 aromatic heterocycles. The summed E-state index contributed by atoms with van der Waals surface area (Å²) in [5.41, 5.74) is 1.62. The Morgan fingerprint density at radius 2 is 1.79 bits per heavy atom. The molecular formula is C24H24N4O3S2. The standard InChI is InChI=1S/C24H24N4O3S2/c1-27-11-13-28(14-12-27)33(30,31)19-9-10-21-22(16-19)32-24(25-21)26-23(29)15-18-7-4-6-17-5-2-3-8-20(17)18/h2-10,16H,11-15H2,1H3,(H,25,26,29). The molecule has 2 heterocycles. The third kappa shape index (κ3) is 4.49. The molecular weight excluding hydrogens is 456 g/mol. The Hall–Kier alpha value is -2.85. The number of hydrogen-bond acceptors (Lipinski definition) is 6. The van der Waals surface area contributed by atoms with Gasteiger partial charge >= 0.3 is 0 Å². The molecule has 1 aliphatic heterocycles. The third-order valence-corrected chi connectivity index (χ3v) is 8.77. The van der Waals surface area contributed by atoms with E-state index >= 15 is 0 Å². The van der Waals surface area contributed by atoms with E-state index in [1.54, 1.807) is 18.2 Å². The third-order valence-electron chi connectivity index (χ3n) is 5.94. The van der Waals surface area contributed by atoms with Crippen molar-refractivity contribution in [2.45, 2.75) is 11.3 Å². The number of carbonyl (C=O) groups excluding carboxylic acids is 1. The second-order valence-corrected chi connectivity index (χ2v) is 11.2. The van der Waals surface area contributed by atoms with Gasteiger partial charge in [0.15, 0.2) is 5.13 Å². The lowest BCUT2D eigenvalue weighted by Crippen LogP contribution is -2.46. The Balaban J connectivity index is 1.34. The van der Waals surface area contributed by atoms with Crippen LogP contribution in [0.4, 0.5) is 5.13 Å². The SMILES string of the molecule is CN1CCN(S(=O)(=O)c2ccc3nc(NC(=O)Cc4cccc5ccccc45)sc3c2)CC1. The van der Waals surface area contributed by atoms with Gasteiger partial charge in [0.05, 0.1) is 21.5 Å². The minimum atomic E-state index is -3.55. The first-order valence-electron chi connectivity index (χ1n) is 10.8. The van der Waals surface area contributed by atoms with Crippen molar-refractivity contribution < 1.29 is 13.2 Å². The fourth-order valence-corrected chi connectivity index (χ4v) is 6.52. The fourth-order valence-electron chi connectivity index (χ4n) is 4.08. The van der Waals surface area contributed by atoms with Gasteiger partial charge in [0.1, 0.15) is 0 Å². The molecule has 0 unspecified atom stereocenters. The van der Waals surface area contributed by atoms with Gasteiger partial charge in [0, 0.05) is 26.2 Å². The second-order valence-electron chi connectivity index (χ2n) is 8.22. The van der Waals surface area contributed by atoms with Crippen LogP contribution in [0.3, 0.4) is 0 Å². The lowest BCUT2D eigenvalue weighted by Gasteiger charge is -2.31. The first-order chi connectivity index (χ1) is 15.9. The van der Waals surface area contributed by atoms with Crippen molar-refractivity contribution >= 4 is 53.4 Å². The molecule has 1 saturated heterocycles. The van der Waals surface area contributed by atoms with E-state index in [1.807, 2.05) is 49.5 Å². The molecule has 1 aliphatic rings. The molecule has 1 amide bonds. The molecule has 9 heteroatoms. The molecule has 0 atom stereocenters. The molecule has 0 saturated carbocycles. The number of fused-ring (bicyclic) bond motifs is 2. The predicted octanol–water partition coefficient (Wildman–Crippen LogP) is 3.57. The van der Waals surface area contributed by atoms with Gasteiger partial charge in [-0.15, -0.1) is 0 Å². The van der Waals surface area contributed by atoms with Crippen LogP contribution >= 0.6 is 11.3 Å². The van der Waals surface area contributed by atoms with Crippen molar-refractivity contribution in [3.8, 4) is 0 Å². The molecule has 33 heavy (non-hydrogen) atoms. The normalized spacial score (nSPS) is 15.8. The average Bonchev–Trinajstić information content (AvgIpc) is 3.21. The van der Waals surface area contributed by atoms with Crippen molar-refractivity contribution in [3.63, 3.8) is 0 Å². The maximum atomic E-state index is 13.1. The van der Waals surface area contributed by atoms with Crippen LogP contribution in [0.2, 0.25) is 0 Å². The van der Waals surface area contributed by atoms with E-state index in [9.17, 15) is 13.2 Å². The number of hydrogen-bond donors (Lipinski definition) is 1. The number of aromatic nitrogens is 1. The van der Waals surface area contributed by atoms with Crippen molar-refractivity contribution in [1.82, 2.24) is 14.2 Å². The van der Waals surface area contributed by atoms with Gasteiger partial charge in [-0.2, -0.15) is 4.31 Å². The summed E-state index contributed by atoms with van der Waals surface area (Å²) in [6.45, 7) is 2.40. The molecule has 0 aliphatic carbocycles. The van der Waals surface area contributed by atoms with E-state index in [0.29, 0.717) is 23.7 Å². The first kappa shape index (κ1) is 22.0. The van der Waals surface area contributed by atoms with Gasteiger partial charge in [-0.25, -0.2) is 13.4 Å². The van der Waals surface area contributed by atoms with E-state index in [0.717, 1.165) is 34.1 Å². The Labute approximate surface area is 196 Å². The molecule has 4 aromatic rings. The largest absolute Gasteiger partial charge is 0.304 e. The van der Waals surface area contributed by atoms with E-state index in [-0.39, 0.29) is 17.2 Å². The molecule has 5 rings (SSSR count). The lowest BCUT2D eigenvalue weighted by molar-refractivity contribution is -0.115. The van der Waals surface area contributed by atoms with E-state index < -0.39 is 10.0 Å². The zero-order chi connectivity index (χ0) is 23.0. The Kier molecular flexibility index (Phi) is 5.88. The summed E-state index contributed by atoms with van der Waals surface area (Å²) in [4.78, 5) is 19.6. The van der Waals surface area contributed by atoms with Crippen LogP contribution in [-0.2, 0) is 21.2 Å². The predicted molar refractivity (Wildman–Crippen MR) is 132 cm³/mol. The Bertz CT molecular complexity index is 1440. The molecule has 7 nitrogen and oxygen atoms in total. The number of likely N-dealkylation sites (N-methyl/N-ethyl adjacent to an activating group) is 1. The van der Waals surface area contributed by atoms with Gasteiger partial charge in [-0.1, -0.05) is 53.8 Å². The van der Waals surface area contributed by atoms with Crippen LogP contribution in [0.25, 0.3) is 21.0 Å². The summed E-state index contributed by atoms with van der Waals surface area (Å²) < 4.78 is 28.4. The molecule has 170 valence electrons.